The molecular formula is C32H54N10O16. The molecule has 8 atom stereocenters. The Kier molecular flexibility index (Phi) is 22.5. The number of carboxylic acid groups (broad SMARTS) is 1. The molecule has 0 unspecified atom stereocenters. The number of rotatable bonds is 20. The second-order valence-corrected chi connectivity index (χ2v) is 13.4. The molecule has 58 heavy (non-hydrogen) atoms. The van der Waals surface area contributed by atoms with Crippen molar-refractivity contribution in [3.05, 3.63) is 10.4 Å². The molecule has 1 fully saturated rings. The molecule has 26 heteroatoms. The highest BCUT2D eigenvalue weighted by Gasteiger charge is 2.40. The number of amides is 6. The molecule has 0 aromatic carbocycles. The molecule has 0 aliphatic carbocycles. The van der Waals surface area contributed by atoms with E-state index in [2.05, 4.69) is 42.5 Å². The summed E-state index contributed by atoms with van der Waals surface area (Å²) in [5.74, 6) is -10.1. The summed E-state index contributed by atoms with van der Waals surface area (Å²) in [6.45, 7) is 2.36. The predicted molar refractivity (Wildman–Crippen MR) is 191 cm³/mol. The maximum Gasteiger partial charge on any atom is 0.335 e. The lowest BCUT2D eigenvalue weighted by atomic mass is 10.0. The summed E-state index contributed by atoms with van der Waals surface area (Å²) in [5.41, 5.74) is 0. The molecule has 0 aromatic rings. The van der Waals surface area contributed by atoms with Gasteiger partial charge in [-0.15, -0.1) is 0 Å². The summed E-state index contributed by atoms with van der Waals surface area (Å²) in [5, 5.41) is 88.7. The van der Waals surface area contributed by atoms with Crippen LogP contribution in [0, 0.1) is 10.4 Å². The van der Waals surface area contributed by atoms with Crippen molar-refractivity contribution >= 4 is 47.4 Å². The Morgan fingerprint density at radius 3 is 2.00 bits per heavy atom. The third-order valence-electron chi connectivity index (χ3n) is 8.65. The summed E-state index contributed by atoms with van der Waals surface area (Å²) in [7, 11) is 0. The van der Waals surface area contributed by atoms with Crippen molar-refractivity contribution in [3.63, 3.8) is 0 Å². The number of esters is 1. The van der Waals surface area contributed by atoms with E-state index in [4.69, 9.17) is 15.2 Å². The normalized spacial score (nSPS) is 23.2. The zero-order valence-corrected chi connectivity index (χ0v) is 32.3. The molecular weight excluding hydrogens is 780 g/mol. The molecule has 0 bridgehead atoms. The quantitative estimate of drug-likeness (QED) is 0.0190. The third kappa shape index (κ3) is 17.9. The number of aliphatic hydroxyl groups excluding tert-OH is 2. The van der Waals surface area contributed by atoms with E-state index in [1.807, 2.05) is 6.92 Å². The number of ether oxygens (including phenoxy) is 1. The van der Waals surface area contributed by atoms with Gasteiger partial charge in [0.05, 0.1) is 12.6 Å². The average molecular weight is 835 g/mol. The fraction of sp³-hybridized carbons (Fsp3) is 0.750. The number of nitrogens with zero attached hydrogens (tertiary/aromatic N) is 4. The standard InChI is InChI=1S/C32H54N10O16/c1-4-5-6-7-8-13-21(44)36-25(26(46)31(51)52)30(50)38-24-18(3)58-32(53)20(12-10-15-42(57)40-55)34-22(45)16-33-27(47)19(11-9-14-41(56)39-54)35-28(48)23(17(2)43)37-29(24)49/h17-20,23-26,43,46,54-55H,4-16H2,1-3H3,(H,33,47)(H,34,45)(H,35,48)(H,36,44)(H,37,49)(H,38,50)(H,51,52)/t17-,18-,19-,20-,23-,24+,25-,26-/m1/s1. The number of cyclic esters (lactones) is 1. The number of hydrogen-bond donors (Lipinski definition) is 11. The van der Waals surface area contributed by atoms with E-state index in [9.17, 15) is 64.1 Å². The first kappa shape index (κ1) is 50.1. The fourth-order valence-corrected chi connectivity index (χ4v) is 5.45. The van der Waals surface area contributed by atoms with Crippen molar-refractivity contribution in [2.24, 2.45) is 10.6 Å². The van der Waals surface area contributed by atoms with E-state index in [1.54, 1.807) is 0 Å². The Hall–Kier alpha value is -5.92. The molecule has 0 saturated carbocycles. The van der Waals surface area contributed by atoms with Crippen LogP contribution in [-0.2, 0) is 43.1 Å². The van der Waals surface area contributed by atoms with Crippen LogP contribution in [-0.4, -0.2) is 151 Å². The molecule has 1 aliphatic rings. The van der Waals surface area contributed by atoms with E-state index in [1.165, 1.54) is 0 Å². The highest BCUT2D eigenvalue weighted by molar-refractivity contribution is 5.98. The van der Waals surface area contributed by atoms with Crippen LogP contribution < -0.4 is 31.9 Å². The van der Waals surface area contributed by atoms with Crippen LogP contribution in [0.15, 0.2) is 10.6 Å². The number of hydrogen-bond acceptors (Lipinski definition) is 15. The van der Waals surface area contributed by atoms with E-state index >= 15 is 0 Å². The summed E-state index contributed by atoms with van der Waals surface area (Å²) in [6, 6.07) is -9.38. The predicted octanol–water partition coefficient (Wildman–Crippen LogP) is -3.08. The van der Waals surface area contributed by atoms with Gasteiger partial charge >= 0.3 is 11.9 Å². The molecule has 0 spiro atoms. The second-order valence-electron chi connectivity index (χ2n) is 13.4. The van der Waals surface area contributed by atoms with Gasteiger partial charge < -0.3 is 72.8 Å². The number of aliphatic hydroxyl groups is 2. The molecule has 1 aliphatic heterocycles. The number of hydroxylamine groups is 2. The van der Waals surface area contributed by atoms with Gasteiger partial charge in [0.15, 0.2) is 29.7 Å². The largest absolute Gasteiger partial charge is 0.597 e. The first-order chi connectivity index (χ1) is 27.4. The summed E-state index contributed by atoms with van der Waals surface area (Å²) in [6.07, 6.45) is -3.64. The molecule has 328 valence electrons. The maximum absolute atomic E-state index is 13.9. The van der Waals surface area contributed by atoms with Crippen molar-refractivity contribution in [2.45, 2.75) is 134 Å². The SMILES string of the molecule is CCCCCCCC(=O)N[C@@H](C(=O)N[C@@H]1C(=O)N[C@H]([C@@H](C)O)C(=O)N[C@H](CCC[N+]([O-])=NO)C(=O)NCC(=O)N[C@H](CCC[N+]([O-])=NO)C(=O)O[C@@H]1C)[C@@H](O)C(=O)O. The zero-order valence-electron chi connectivity index (χ0n) is 32.3. The Balaban J connectivity index is 3.65. The van der Waals surface area contributed by atoms with E-state index < -0.39 is 116 Å². The van der Waals surface area contributed by atoms with Gasteiger partial charge in [-0.2, -0.15) is 0 Å². The first-order valence-electron chi connectivity index (χ1n) is 18.5. The average Bonchev–Trinajstić information content (AvgIpc) is 3.17. The van der Waals surface area contributed by atoms with Gasteiger partial charge in [-0.25, -0.2) is 9.59 Å². The van der Waals surface area contributed by atoms with E-state index in [0.29, 0.717) is 12.8 Å². The van der Waals surface area contributed by atoms with Gasteiger partial charge in [-0.05, 0) is 33.1 Å². The summed E-state index contributed by atoms with van der Waals surface area (Å²) < 4.78 is 5.40. The van der Waals surface area contributed by atoms with Crippen molar-refractivity contribution in [1.82, 2.24) is 31.9 Å². The van der Waals surface area contributed by atoms with Crippen LogP contribution in [0.25, 0.3) is 0 Å². The highest BCUT2D eigenvalue weighted by atomic mass is 16.6. The molecule has 0 radical (unpaired) electrons. The lowest BCUT2D eigenvalue weighted by Gasteiger charge is -2.31. The van der Waals surface area contributed by atoms with E-state index in [-0.39, 0.29) is 41.8 Å². The summed E-state index contributed by atoms with van der Waals surface area (Å²) >= 11 is 0. The highest BCUT2D eigenvalue weighted by Crippen LogP contribution is 2.11. The summed E-state index contributed by atoms with van der Waals surface area (Å²) in [4.78, 5) is 105. The molecule has 26 nitrogen and oxygen atoms in total. The number of aliphatic carboxylic acids is 1. The Morgan fingerprint density at radius 2 is 1.45 bits per heavy atom. The minimum atomic E-state index is -2.55. The third-order valence-corrected chi connectivity index (χ3v) is 8.65. The van der Waals surface area contributed by atoms with Crippen LogP contribution in [0.4, 0.5) is 0 Å². The maximum atomic E-state index is 13.9. The minimum absolute atomic E-state index is 0.128. The molecule has 11 N–H and O–H groups in total. The molecule has 1 rings (SSSR count). The number of carbonyl (C=O) groups excluding carboxylic acids is 7. The van der Waals surface area contributed by atoms with Crippen molar-refractivity contribution in [2.75, 3.05) is 19.6 Å². The van der Waals surface area contributed by atoms with Gasteiger partial charge in [-0.3, -0.25) is 28.8 Å². The van der Waals surface area contributed by atoms with Gasteiger partial charge in [0.25, 0.3) is 0 Å². The van der Waals surface area contributed by atoms with Gasteiger partial charge in [0.2, 0.25) is 35.4 Å². The van der Waals surface area contributed by atoms with Gasteiger partial charge in [0.1, 0.15) is 36.3 Å². The van der Waals surface area contributed by atoms with Crippen molar-refractivity contribution < 1.29 is 78.5 Å². The van der Waals surface area contributed by atoms with E-state index in [0.717, 1.165) is 33.1 Å². The molecule has 0 aromatic heterocycles. The topological polar surface area (TPSA) is 396 Å². The van der Waals surface area contributed by atoms with Crippen LogP contribution in [0.2, 0.25) is 0 Å². The smallest absolute Gasteiger partial charge is 0.335 e. The fourth-order valence-electron chi connectivity index (χ4n) is 5.45. The van der Waals surface area contributed by atoms with Crippen molar-refractivity contribution in [3.8, 4) is 0 Å². The van der Waals surface area contributed by atoms with Crippen LogP contribution in [0.3, 0.4) is 0 Å². The van der Waals surface area contributed by atoms with Crippen LogP contribution >= 0.6 is 0 Å². The monoisotopic (exact) mass is 834 g/mol. The van der Waals surface area contributed by atoms with Gasteiger partial charge in [0, 0.05) is 19.3 Å². The zero-order chi connectivity index (χ0) is 43.9. The number of carbonyl (C=O) groups is 8. The van der Waals surface area contributed by atoms with Crippen LogP contribution in [0.5, 0.6) is 0 Å². The lowest BCUT2D eigenvalue weighted by Crippen LogP contribution is -2.64. The number of unbranched alkanes of at least 4 members (excludes halogenated alkanes) is 4. The van der Waals surface area contributed by atoms with Crippen molar-refractivity contribution in [1.29, 1.82) is 0 Å². The second kappa shape index (κ2) is 26.1. The lowest BCUT2D eigenvalue weighted by molar-refractivity contribution is -0.556. The molecule has 1 saturated heterocycles. The van der Waals surface area contributed by atoms with Gasteiger partial charge in [-0.1, -0.05) is 42.3 Å². The molecule has 1 heterocycles. The Labute approximate surface area is 331 Å². The Morgan fingerprint density at radius 1 is 0.862 bits per heavy atom. The number of carboxylic acids is 1. The Bertz CT molecular complexity index is 1500. The number of nitrogens with one attached hydrogen (secondary N) is 6. The first-order valence-corrected chi connectivity index (χ1v) is 18.5. The van der Waals surface area contributed by atoms with Crippen LogP contribution in [0.1, 0.15) is 85.0 Å². The molecule has 6 amide bonds. The minimum Gasteiger partial charge on any atom is -0.597 e.